The highest BCUT2D eigenvalue weighted by Crippen LogP contribution is 2.39. The minimum absolute atomic E-state index is 0.0455. The lowest BCUT2D eigenvalue weighted by Gasteiger charge is -2.28. The van der Waals surface area contributed by atoms with Crippen LogP contribution in [0.15, 0.2) is 42.5 Å². The lowest BCUT2D eigenvalue weighted by molar-refractivity contribution is -0.124. The molecule has 2 aromatic carbocycles. The molecule has 0 aliphatic rings. The van der Waals surface area contributed by atoms with E-state index in [2.05, 4.69) is 53.7 Å². The first-order chi connectivity index (χ1) is 13.8. The number of phenolic OH excluding ortho intramolecular Hbond substituents is 1. The second-order valence-electron chi connectivity index (χ2n) is 9.93. The Morgan fingerprint density at radius 1 is 1.00 bits per heavy atom. The second kappa shape index (κ2) is 9.26. The molecule has 0 unspecified atom stereocenters. The van der Waals surface area contributed by atoms with Crippen LogP contribution in [0.1, 0.15) is 63.8 Å². The minimum Gasteiger partial charge on any atom is -0.507 e. The zero-order valence-corrected chi connectivity index (χ0v) is 20.0. The molecule has 3 nitrogen and oxygen atoms in total. The summed E-state index contributed by atoms with van der Waals surface area (Å²) in [5, 5.41) is 11.5. The Balaban J connectivity index is 2.15. The fourth-order valence-electron chi connectivity index (χ4n) is 3.26. The van der Waals surface area contributed by atoms with E-state index in [1.165, 1.54) is 0 Å². The molecule has 0 aromatic heterocycles. The molecule has 2 aromatic rings. The molecule has 0 saturated heterocycles. The van der Waals surface area contributed by atoms with Crippen LogP contribution in [0.25, 0.3) is 6.08 Å². The van der Waals surface area contributed by atoms with Crippen molar-refractivity contribution in [2.24, 2.45) is 0 Å². The minimum atomic E-state index is -0.164. The van der Waals surface area contributed by atoms with E-state index in [0.29, 0.717) is 17.3 Å². The summed E-state index contributed by atoms with van der Waals surface area (Å²) in [5.74, 6) is 0.338. The fourth-order valence-corrected chi connectivity index (χ4v) is 3.38. The molecule has 0 saturated carbocycles. The van der Waals surface area contributed by atoms with Gasteiger partial charge in [0.1, 0.15) is 5.75 Å². The number of hydrogen-bond donors (Lipinski definition) is 1. The summed E-state index contributed by atoms with van der Waals surface area (Å²) in [7, 11) is 1.81. The van der Waals surface area contributed by atoms with Crippen molar-refractivity contribution in [2.45, 2.75) is 58.8 Å². The van der Waals surface area contributed by atoms with Gasteiger partial charge in [0.05, 0.1) is 0 Å². The third-order valence-electron chi connectivity index (χ3n) is 5.19. The van der Waals surface area contributed by atoms with E-state index in [-0.39, 0.29) is 16.7 Å². The molecule has 1 N–H and O–H groups in total. The van der Waals surface area contributed by atoms with E-state index >= 15 is 0 Å². The smallest absolute Gasteiger partial charge is 0.246 e. The number of aromatic hydroxyl groups is 1. The summed E-state index contributed by atoms with van der Waals surface area (Å²) in [6.45, 7) is 13.2. The third-order valence-corrected chi connectivity index (χ3v) is 5.44. The van der Waals surface area contributed by atoms with Crippen LogP contribution in [0, 0.1) is 0 Å². The van der Waals surface area contributed by atoms with E-state index in [9.17, 15) is 9.90 Å². The lowest BCUT2D eigenvalue weighted by Crippen LogP contribution is -2.27. The number of benzene rings is 2. The van der Waals surface area contributed by atoms with Crippen molar-refractivity contribution in [3.8, 4) is 5.75 Å². The zero-order chi connectivity index (χ0) is 22.7. The molecule has 0 fully saturated rings. The Morgan fingerprint density at radius 2 is 1.50 bits per heavy atom. The summed E-state index contributed by atoms with van der Waals surface area (Å²) in [6.07, 6.45) is 4.11. The molecule has 162 valence electrons. The van der Waals surface area contributed by atoms with Gasteiger partial charge in [-0.15, -0.1) is 0 Å². The first kappa shape index (κ1) is 24.0. The Labute approximate surface area is 186 Å². The standard InChI is InChI=1S/C26H34ClNO2/c1-25(2,3)21-16-19(17-22(24(21)30)26(4,5)6)14-15-28(7)23(29)13-10-18-8-11-20(27)12-9-18/h8-13,16-17,30H,14-15H2,1-7H3. The molecule has 0 bridgehead atoms. The molecule has 0 radical (unpaired) electrons. The Kier molecular flexibility index (Phi) is 7.41. The topological polar surface area (TPSA) is 40.5 Å². The molecule has 0 aliphatic heterocycles. The summed E-state index contributed by atoms with van der Waals surface area (Å²) >= 11 is 5.90. The quantitative estimate of drug-likeness (QED) is 0.564. The average Bonchev–Trinajstić information content (AvgIpc) is 2.64. The van der Waals surface area contributed by atoms with Crippen LogP contribution < -0.4 is 0 Å². The fraction of sp³-hybridized carbons (Fsp3) is 0.423. The highest BCUT2D eigenvalue weighted by Gasteiger charge is 2.26. The van der Waals surface area contributed by atoms with Crippen LogP contribution in [0.3, 0.4) is 0 Å². The zero-order valence-electron chi connectivity index (χ0n) is 19.2. The maximum absolute atomic E-state index is 12.5. The van der Waals surface area contributed by atoms with Crippen molar-refractivity contribution in [1.29, 1.82) is 0 Å². The van der Waals surface area contributed by atoms with Crippen LogP contribution in [-0.2, 0) is 22.0 Å². The summed E-state index contributed by atoms with van der Waals surface area (Å²) < 4.78 is 0. The maximum atomic E-state index is 12.5. The van der Waals surface area contributed by atoms with Gasteiger partial charge in [0.25, 0.3) is 0 Å². The van der Waals surface area contributed by atoms with Gasteiger partial charge in [-0.2, -0.15) is 0 Å². The Bertz CT molecular complexity index is 881. The first-order valence-corrected chi connectivity index (χ1v) is 10.7. The van der Waals surface area contributed by atoms with Gasteiger partial charge in [0.15, 0.2) is 0 Å². The number of phenols is 1. The molecule has 0 aliphatic carbocycles. The highest BCUT2D eigenvalue weighted by molar-refractivity contribution is 6.30. The van der Waals surface area contributed by atoms with Crippen molar-refractivity contribution < 1.29 is 9.90 Å². The van der Waals surface area contributed by atoms with Crippen molar-refractivity contribution in [3.63, 3.8) is 0 Å². The van der Waals surface area contributed by atoms with Crippen molar-refractivity contribution in [1.82, 2.24) is 4.90 Å². The molecular weight excluding hydrogens is 394 g/mol. The number of carbonyl (C=O) groups is 1. The van der Waals surface area contributed by atoms with E-state index in [1.807, 2.05) is 19.2 Å². The van der Waals surface area contributed by atoms with Gasteiger partial charge in [-0.25, -0.2) is 0 Å². The molecule has 0 heterocycles. The van der Waals surface area contributed by atoms with E-state index in [0.717, 1.165) is 28.7 Å². The molecule has 2 rings (SSSR count). The SMILES string of the molecule is CN(CCc1cc(C(C)(C)C)c(O)c(C(C)(C)C)c1)C(=O)C=Cc1ccc(Cl)cc1. The van der Waals surface area contributed by atoms with Gasteiger partial charge in [-0.05, 0) is 57.7 Å². The predicted octanol–water partition coefficient (Wildman–Crippen LogP) is 6.35. The lowest BCUT2D eigenvalue weighted by atomic mass is 9.78. The van der Waals surface area contributed by atoms with Crippen LogP contribution in [-0.4, -0.2) is 29.5 Å². The van der Waals surface area contributed by atoms with E-state index in [4.69, 9.17) is 11.6 Å². The first-order valence-electron chi connectivity index (χ1n) is 10.3. The van der Waals surface area contributed by atoms with Crippen LogP contribution in [0.5, 0.6) is 5.75 Å². The molecule has 4 heteroatoms. The van der Waals surface area contributed by atoms with Gasteiger partial charge in [-0.3, -0.25) is 4.79 Å². The number of halogens is 1. The summed E-state index contributed by atoms with van der Waals surface area (Å²) in [6, 6.07) is 11.5. The normalized spacial score (nSPS) is 12.4. The number of carbonyl (C=O) groups excluding carboxylic acids is 1. The van der Waals surface area contributed by atoms with Crippen LogP contribution in [0.2, 0.25) is 5.02 Å². The number of hydrogen-bond acceptors (Lipinski definition) is 2. The van der Waals surface area contributed by atoms with Gasteiger partial charge in [0, 0.05) is 24.7 Å². The van der Waals surface area contributed by atoms with Crippen LogP contribution in [0.4, 0.5) is 0 Å². The largest absolute Gasteiger partial charge is 0.507 e. The molecule has 30 heavy (non-hydrogen) atoms. The van der Waals surface area contributed by atoms with Crippen molar-refractivity contribution in [3.05, 3.63) is 69.8 Å². The Morgan fingerprint density at radius 3 is 1.97 bits per heavy atom. The number of amides is 1. The van der Waals surface area contributed by atoms with Crippen molar-refractivity contribution >= 4 is 23.6 Å². The Hall–Kier alpha value is -2.26. The molecule has 0 atom stereocenters. The van der Waals surface area contributed by atoms with Crippen LogP contribution >= 0.6 is 11.6 Å². The molecular formula is C26H34ClNO2. The van der Waals surface area contributed by atoms with E-state index in [1.54, 1.807) is 29.2 Å². The van der Waals surface area contributed by atoms with Gasteiger partial charge in [-0.1, -0.05) is 77.4 Å². The second-order valence-corrected chi connectivity index (χ2v) is 10.4. The number of likely N-dealkylation sites (N-methyl/N-ethyl adjacent to an activating group) is 1. The van der Waals surface area contributed by atoms with Gasteiger partial charge >= 0.3 is 0 Å². The third kappa shape index (κ3) is 6.37. The predicted molar refractivity (Wildman–Crippen MR) is 127 cm³/mol. The van der Waals surface area contributed by atoms with E-state index < -0.39 is 0 Å². The van der Waals surface area contributed by atoms with Gasteiger partial charge in [0.2, 0.25) is 5.91 Å². The van der Waals surface area contributed by atoms with Crippen molar-refractivity contribution in [2.75, 3.05) is 13.6 Å². The monoisotopic (exact) mass is 427 g/mol. The maximum Gasteiger partial charge on any atom is 0.246 e. The number of rotatable bonds is 5. The summed E-state index contributed by atoms with van der Waals surface area (Å²) in [5.41, 5.74) is 3.63. The highest BCUT2D eigenvalue weighted by atomic mass is 35.5. The summed E-state index contributed by atoms with van der Waals surface area (Å²) in [4.78, 5) is 14.2. The molecule has 1 amide bonds. The molecule has 0 spiro atoms. The van der Waals surface area contributed by atoms with Gasteiger partial charge < -0.3 is 10.0 Å². The average molecular weight is 428 g/mol. The number of nitrogens with zero attached hydrogens (tertiary/aromatic N) is 1.